The van der Waals surface area contributed by atoms with Gasteiger partial charge >= 0.3 is 6.18 Å². The highest BCUT2D eigenvalue weighted by Crippen LogP contribution is 2.41. The Labute approximate surface area is 110 Å². The average Bonchev–Trinajstić information content (AvgIpc) is 2.61. The molecule has 0 atom stereocenters. The van der Waals surface area contributed by atoms with Crippen LogP contribution in [-0.4, -0.2) is 11.6 Å². The van der Waals surface area contributed by atoms with Crippen LogP contribution in [0, 0.1) is 0 Å². The molecule has 0 bridgehead atoms. The van der Waals surface area contributed by atoms with Gasteiger partial charge in [0.05, 0.1) is 17.9 Å². The summed E-state index contributed by atoms with van der Waals surface area (Å²) in [5.74, 6) is 0.207. The van der Waals surface area contributed by atoms with Crippen LogP contribution in [0.3, 0.4) is 0 Å². The number of ether oxygens (including phenoxy) is 1. The van der Waals surface area contributed by atoms with Crippen molar-refractivity contribution in [3.05, 3.63) is 28.6 Å². The van der Waals surface area contributed by atoms with Gasteiger partial charge < -0.3 is 10.5 Å². The normalized spacial score (nSPS) is 14.3. The molecule has 0 spiro atoms. The van der Waals surface area contributed by atoms with Crippen LogP contribution in [-0.2, 0) is 12.6 Å². The van der Waals surface area contributed by atoms with Crippen LogP contribution in [0.4, 0.5) is 18.3 Å². The number of halogens is 3. The molecule has 1 aromatic heterocycles. The summed E-state index contributed by atoms with van der Waals surface area (Å²) in [4.78, 5) is 5.12. The lowest BCUT2D eigenvalue weighted by molar-refractivity contribution is -0.137. The zero-order chi connectivity index (χ0) is 13.6. The maximum absolute atomic E-state index is 12.7. The van der Waals surface area contributed by atoms with Gasteiger partial charge in [0.1, 0.15) is 5.75 Å². The molecule has 2 N–H and O–H groups in total. The Bertz CT molecular complexity index is 636. The molecule has 0 unspecified atom stereocenters. The van der Waals surface area contributed by atoms with Crippen molar-refractivity contribution in [1.82, 2.24) is 4.98 Å². The molecule has 0 saturated heterocycles. The van der Waals surface area contributed by atoms with Crippen LogP contribution in [0.1, 0.15) is 10.4 Å². The van der Waals surface area contributed by atoms with Crippen molar-refractivity contribution in [1.29, 1.82) is 0 Å². The minimum Gasteiger partial charge on any atom is -0.492 e. The van der Waals surface area contributed by atoms with E-state index in [1.165, 1.54) is 17.4 Å². The Kier molecular flexibility index (Phi) is 2.67. The summed E-state index contributed by atoms with van der Waals surface area (Å²) >= 11 is 1.34. The molecule has 0 aliphatic carbocycles. The van der Waals surface area contributed by atoms with Gasteiger partial charge in [-0.1, -0.05) is 0 Å². The molecule has 1 aliphatic heterocycles. The number of aromatic nitrogens is 1. The molecule has 7 heteroatoms. The molecule has 0 fully saturated rings. The number of rotatable bonds is 0. The van der Waals surface area contributed by atoms with Gasteiger partial charge in [0.2, 0.25) is 0 Å². The van der Waals surface area contributed by atoms with Crippen LogP contribution < -0.4 is 10.5 Å². The molecule has 2 heterocycles. The predicted octanol–water partition coefficient (Wildman–Crippen LogP) is 3.35. The molecule has 3 rings (SSSR count). The second kappa shape index (κ2) is 4.12. The minimum absolute atomic E-state index is 0.207. The molecular weight excluding hydrogens is 277 g/mol. The number of anilines is 1. The predicted molar refractivity (Wildman–Crippen MR) is 66.2 cm³/mol. The summed E-state index contributed by atoms with van der Waals surface area (Å²) in [5.41, 5.74) is 6.12. The zero-order valence-electron chi connectivity index (χ0n) is 9.62. The first-order chi connectivity index (χ1) is 8.95. The Morgan fingerprint density at radius 3 is 2.84 bits per heavy atom. The van der Waals surface area contributed by atoms with Crippen molar-refractivity contribution < 1.29 is 17.9 Å². The fraction of sp³-hybridized carbons (Fsp3) is 0.250. The third kappa shape index (κ3) is 2.14. The lowest BCUT2D eigenvalue weighted by Gasteiger charge is -2.11. The van der Waals surface area contributed by atoms with Crippen molar-refractivity contribution in [2.24, 2.45) is 0 Å². The van der Waals surface area contributed by atoms with E-state index in [2.05, 4.69) is 4.98 Å². The first-order valence-corrected chi connectivity index (χ1v) is 6.36. The fourth-order valence-corrected chi connectivity index (χ4v) is 2.84. The minimum atomic E-state index is -4.38. The Morgan fingerprint density at radius 1 is 1.32 bits per heavy atom. The fourth-order valence-electron chi connectivity index (χ4n) is 2.02. The first-order valence-electron chi connectivity index (χ1n) is 5.55. The summed E-state index contributed by atoms with van der Waals surface area (Å²) in [6.07, 6.45) is -3.78. The van der Waals surface area contributed by atoms with E-state index < -0.39 is 11.7 Å². The van der Waals surface area contributed by atoms with Gasteiger partial charge in [0.15, 0.2) is 5.13 Å². The van der Waals surface area contributed by atoms with Crippen molar-refractivity contribution in [2.75, 3.05) is 12.3 Å². The van der Waals surface area contributed by atoms with E-state index in [1.54, 1.807) is 0 Å². The topological polar surface area (TPSA) is 48.1 Å². The van der Waals surface area contributed by atoms with Gasteiger partial charge in [0.25, 0.3) is 0 Å². The Morgan fingerprint density at radius 2 is 2.11 bits per heavy atom. The van der Waals surface area contributed by atoms with E-state index in [4.69, 9.17) is 10.5 Å². The first kappa shape index (κ1) is 12.3. The van der Waals surface area contributed by atoms with Gasteiger partial charge in [-0.05, 0) is 18.2 Å². The maximum atomic E-state index is 12.7. The highest BCUT2D eigenvalue weighted by molar-refractivity contribution is 7.15. The number of benzene rings is 1. The number of hydrogen-bond donors (Lipinski definition) is 1. The number of fused-ring (bicyclic) bond motifs is 3. The van der Waals surface area contributed by atoms with E-state index in [9.17, 15) is 13.2 Å². The van der Waals surface area contributed by atoms with E-state index >= 15 is 0 Å². The van der Waals surface area contributed by atoms with Crippen molar-refractivity contribution in [3.63, 3.8) is 0 Å². The van der Waals surface area contributed by atoms with Crippen molar-refractivity contribution >= 4 is 16.5 Å². The summed E-state index contributed by atoms with van der Waals surface area (Å²) in [5, 5.41) is 0.415. The number of nitrogen functional groups attached to an aromatic ring is 1. The van der Waals surface area contributed by atoms with Gasteiger partial charge in [0, 0.05) is 16.9 Å². The van der Waals surface area contributed by atoms with E-state index in [0.29, 0.717) is 29.4 Å². The summed E-state index contributed by atoms with van der Waals surface area (Å²) in [6, 6.07) is 3.44. The lowest BCUT2D eigenvalue weighted by Crippen LogP contribution is -2.06. The number of nitrogens with zero attached hydrogens (tertiary/aromatic N) is 1. The molecular formula is C12H9F3N2OS. The second-order valence-corrected chi connectivity index (χ2v) is 5.25. The van der Waals surface area contributed by atoms with Gasteiger partial charge in [-0.2, -0.15) is 13.2 Å². The number of alkyl halides is 3. The SMILES string of the molecule is Nc1nc2c(s1)CCOc1cc(C(F)(F)F)ccc1-2. The van der Waals surface area contributed by atoms with Crippen molar-refractivity contribution in [3.8, 4) is 17.0 Å². The van der Waals surface area contributed by atoms with E-state index in [-0.39, 0.29) is 5.75 Å². The van der Waals surface area contributed by atoms with Crippen LogP contribution in [0.5, 0.6) is 5.75 Å². The monoisotopic (exact) mass is 286 g/mol. The van der Waals surface area contributed by atoms with E-state index in [1.807, 2.05) is 0 Å². The molecule has 19 heavy (non-hydrogen) atoms. The van der Waals surface area contributed by atoms with Crippen molar-refractivity contribution in [2.45, 2.75) is 12.6 Å². The number of hydrogen-bond acceptors (Lipinski definition) is 4. The molecule has 1 aromatic carbocycles. The molecule has 1 aliphatic rings. The molecule has 0 saturated carbocycles. The highest BCUT2D eigenvalue weighted by atomic mass is 32.1. The molecule has 3 nitrogen and oxygen atoms in total. The summed E-state index contributed by atoms with van der Waals surface area (Å²) in [6.45, 7) is 0.322. The summed E-state index contributed by atoms with van der Waals surface area (Å²) in [7, 11) is 0. The van der Waals surface area contributed by atoms with Crippen LogP contribution in [0.25, 0.3) is 11.3 Å². The smallest absolute Gasteiger partial charge is 0.416 e. The Balaban J connectivity index is 2.15. The maximum Gasteiger partial charge on any atom is 0.416 e. The molecule has 0 radical (unpaired) electrons. The number of thiazole rings is 1. The quantitative estimate of drug-likeness (QED) is 0.808. The number of nitrogens with two attached hydrogens (primary N) is 1. The van der Waals surface area contributed by atoms with Crippen LogP contribution in [0.2, 0.25) is 0 Å². The van der Waals surface area contributed by atoms with E-state index in [0.717, 1.165) is 17.0 Å². The third-order valence-corrected chi connectivity index (χ3v) is 3.81. The molecule has 2 aromatic rings. The molecule has 100 valence electrons. The van der Waals surface area contributed by atoms with Crippen LogP contribution >= 0.6 is 11.3 Å². The average molecular weight is 286 g/mol. The van der Waals surface area contributed by atoms with Crippen LogP contribution in [0.15, 0.2) is 18.2 Å². The largest absolute Gasteiger partial charge is 0.492 e. The van der Waals surface area contributed by atoms with Gasteiger partial charge in [-0.15, -0.1) is 11.3 Å². The standard InChI is InChI=1S/C12H9F3N2OS/c13-12(14,15)6-1-2-7-8(5-6)18-4-3-9-10(7)17-11(16)19-9/h1-2,5H,3-4H2,(H2,16,17). The van der Waals surface area contributed by atoms with Gasteiger partial charge in [-0.25, -0.2) is 4.98 Å². The Hall–Kier alpha value is -1.76. The molecule has 0 amide bonds. The van der Waals surface area contributed by atoms with Gasteiger partial charge in [-0.3, -0.25) is 0 Å². The summed E-state index contributed by atoms with van der Waals surface area (Å²) < 4.78 is 43.4. The zero-order valence-corrected chi connectivity index (χ0v) is 10.4. The second-order valence-electron chi connectivity index (χ2n) is 4.13. The highest BCUT2D eigenvalue weighted by Gasteiger charge is 2.32. The lowest BCUT2D eigenvalue weighted by atomic mass is 10.1. The third-order valence-electron chi connectivity index (χ3n) is 2.86.